The largest absolute Gasteiger partial charge is 0.295 e. The van der Waals surface area contributed by atoms with Gasteiger partial charge in [-0.3, -0.25) is 9.59 Å². The fourth-order valence-electron chi connectivity index (χ4n) is 0.813. The molecule has 0 fully saturated rings. The van der Waals surface area contributed by atoms with Gasteiger partial charge in [0.05, 0.1) is 0 Å². The van der Waals surface area contributed by atoms with E-state index in [0.717, 1.165) is 11.1 Å². The lowest BCUT2D eigenvalue weighted by Crippen LogP contribution is -1.80. The van der Waals surface area contributed by atoms with Crippen LogP contribution in [-0.4, -0.2) is 11.6 Å². The molecule has 0 saturated carbocycles. The van der Waals surface area contributed by atoms with Gasteiger partial charge < -0.3 is 0 Å². The Morgan fingerprint density at radius 3 is 0.857 bits per heavy atom. The van der Waals surface area contributed by atoms with E-state index in [1.165, 1.54) is 0 Å². The topological polar surface area (TPSA) is 34.1 Å². The lowest BCUT2D eigenvalue weighted by atomic mass is 10.3. The van der Waals surface area contributed by atoms with Crippen molar-refractivity contribution < 1.29 is 9.59 Å². The van der Waals surface area contributed by atoms with Crippen molar-refractivity contribution >= 4 is 11.6 Å². The molecule has 14 heavy (non-hydrogen) atoms. The molecule has 0 heterocycles. The molecule has 0 bridgehead atoms. The first-order valence-corrected chi connectivity index (χ1v) is 4.56. The molecule has 0 aromatic carbocycles. The van der Waals surface area contributed by atoms with Crippen LogP contribution in [0.15, 0.2) is 23.3 Å². The molecular formula is C12H20O2. The smallest absolute Gasteiger partial charge is 0.152 e. The predicted octanol–water partition coefficient (Wildman–Crippen LogP) is 3.08. The van der Waals surface area contributed by atoms with Crippen molar-refractivity contribution in [1.82, 2.24) is 0 Å². The molecule has 0 aliphatic heterocycles. The standard InChI is InChI=1S/2C6H10O/c2*1-5(2)4-6(3)7/h2*4H,1-3H3. The Morgan fingerprint density at radius 2 is 0.857 bits per heavy atom. The highest BCUT2D eigenvalue weighted by atomic mass is 16.1. The maximum absolute atomic E-state index is 10.2. The van der Waals surface area contributed by atoms with E-state index in [1.807, 2.05) is 27.7 Å². The maximum Gasteiger partial charge on any atom is 0.152 e. The van der Waals surface area contributed by atoms with Crippen molar-refractivity contribution in [2.24, 2.45) is 0 Å². The van der Waals surface area contributed by atoms with Gasteiger partial charge in [-0.2, -0.15) is 0 Å². The van der Waals surface area contributed by atoms with E-state index in [9.17, 15) is 9.59 Å². The normalized spacial score (nSPS) is 7.86. The van der Waals surface area contributed by atoms with E-state index in [0.29, 0.717) is 0 Å². The average Bonchev–Trinajstić information content (AvgIpc) is 1.79. The third-order valence-electron chi connectivity index (χ3n) is 0.984. The van der Waals surface area contributed by atoms with Gasteiger partial charge in [0.1, 0.15) is 0 Å². The van der Waals surface area contributed by atoms with E-state index in [-0.39, 0.29) is 11.6 Å². The lowest BCUT2D eigenvalue weighted by molar-refractivity contribution is -0.113. The molecule has 0 N–H and O–H groups in total. The number of ketones is 2. The van der Waals surface area contributed by atoms with Gasteiger partial charge in [-0.05, 0) is 53.7 Å². The molecule has 0 atom stereocenters. The number of hydrogen-bond donors (Lipinski definition) is 0. The molecule has 0 unspecified atom stereocenters. The van der Waals surface area contributed by atoms with Crippen LogP contribution in [0.2, 0.25) is 0 Å². The van der Waals surface area contributed by atoms with Crippen LogP contribution in [0, 0.1) is 0 Å². The molecule has 0 aliphatic carbocycles. The molecule has 0 aromatic heterocycles. The van der Waals surface area contributed by atoms with Gasteiger partial charge >= 0.3 is 0 Å². The molecule has 0 saturated heterocycles. The van der Waals surface area contributed by atoms with Crippen molar-refractivity contribution in [2.45, 2.75) is 41.5 Å². The van der Waals surface area contributed by atoms with Crippen molar-refractivity contribution in [3.8, 4) is 0 Å². The molecule has 0 aliphatic rings. The Bertz CT molecular complexity index is 221. The number of hydrogen-bond acceptors (Lipinski definition) is 2. The molecule has 0 aromatic rings. The summed E-state index contributed by atoms with van der Waals surface area (Å²) < 4.78 is 0. The van der Waals surface area contributed by atoms with Gasteiger partial charge in [0, 0.05) is 0 Å². The molecule has 0 rings (SSSR count). The quantitative estimate of drug-likeness (QED) is 0.636. The SMILES string of the molecule is CC(=O)C=C(C)C.CC(=O)C=C(C)C. The maximum atomic E-state index is 10.2. The van der Waals surface area contributed by atoms with Crippen LogP contribution in [0.3, 0.4) is 0 Å². The second kappa shape index (κ2) is 8.42. The summed E-state index contributed by atoms with van der Waals surface area (Å²) >= 11 is 0. The Morgan fingerprint density at radius 1 is 0.643 bits per heavy atom. The fourth-order valence-corrected chi connectivity index (χ4v) is 0.813. The second-order valence-corrected chi connectivity index (χ2v) is 3.66. The minimum atomic E-state index is 0.125. The van der Waals surface area contributed by atoms with Crippen LogP contribution in [0.25, 0.3) is 0 Å². The number of rotatable bonds is 2. The van der Waals surface area contributed by atoms with Crippen LogP contribution in [0.4, 0.5) is 0 Å². The first-order valence-electron chi connectivity index (χ1n) is 4.56. The summed E-state index contributed by atoms with van der Waals surface area (Å²) in [5.74, 6) is 0.250. The van der Waals surface area contributed by atoms with Crippen LogP contribution >= 0.6 is 0 Å². The minimum Gasteiger partial charge on any atom is -0.295 e. The average molecular weight is 196 g/mol. The van der Waals surface area contributed by atoms with Gasteiger partial charge in [-0.1, -0.05) is 11.1 Å². The van der Waals surface area contributed by atoms with Crippen LogP contribution < -0.4 is 0 Å². The summed E-state index contributed by atoms with van der Waals surface area (Å²) in [6.07, 6.45) is 3.22. The van der Waals surface area contributed by atoms with Crippen molar-refractivity contribution in [1.29, 1.82) is 0 Å². The molecule has 2 heteroatoms. The summed E-state index contributed by atoms with van der Waals surface area (Å²) in [4.78, 5) is 20.4. The summed E-state index contributed by atoms with van der Waals surface area (Å²) in [6, 6.07) is 0. The Hall–Kier alpha value is -1.18. The van der Waals surface area contributed by atoms with E-state index in [2.05, 4.69) is 0 Å². The zero-order valence-electron chi connectivity index (χ0n) is 9.97. The third kappa shape index (κ3) is 22.4. The van der Waals surface area contributed by atoms with Crippen molar-refractivity contribution in [3.63, 3.8) is 0 Å². The van der Waals surface area contributed by atoms with E-state index in [4.69, 9.17) is 0 Å². The van der Waals surface area contributed by atoms with E-state index in [1.54, 1.807) is 26.0 Å². The fraction of sp³-hybridized carbons (Fsp3) is 0.500. The van der Waals surface area contributed by atoms with Crippen molar-refractivity contribution in [2.75, 3.05) is 0 Å². The first kappa shape index (κ1) is 15.3. The second-order valence-electron chi connectivity index (χ2n) is 3.66. The number of allylic oxidation sites excluding steroid dienone is 4. The van der Waals surface area contributed by atoms with Crippen LogP contribution in [0.1, 0.15) is 41.5 Å². The van der Waals surface area contributed by atoms with Gasteiger partial charge in [-0.25, -0.2) is 0 Å². The van der Waals surface area contributed by atoms with E-state index >= 15 is 0 Å². The lowest BCUT2D eigenvalue weighted by Gasteiger charge is -1.80. The first-order chi connectivity index (χ1) is 6.25. The highest BCUT2D eigenvalue weighted by Gasteiger charge is 1.81. The van der Waals surface area contributed by atoms with Crippen LogP contribution in [-0.2, 0) is 9.59 Å². The van der Waals surface area contributed by atoms with Gasteiger partial charge in [-0.15, -0.1) is 0 Å². The molecule has 0 spiro atoms. The van der Waals surface area contributed by atoms with Gasteiger partial charge in [0.15, 0.2) is 11.6 Å². The Labute approximate surface area is 86.7 Å². The van der Waals surface area contributed by atoms with Gasteiger partial charge in [0.25, 0.3) is 0 Å². The summed E-state index contributed by atoms with van der Waals surface area (Å²) in [5.41, 5.74) is 2.13. The minimum absolute atomic E-state index is 0.125. The predicted molar refractivity (Wildman–Crippen MR) is 60.2 cm³/mol. The van der Waals surface area contributed by atoms with E-state index < -0.39 is 0 Å². The molecule has 0 radical (unpaired) electrons. The summed E-state index contributed by atoms with van der Waals surface area (Å²) in [6.45, 7) is 10.7. The zero-order valence-corrected chi connectivity index (χ0v) is 9.97. The number of carbonyl (C=O) groups excluding carboxylic acids is 2. The highest BCUT2D eigenvalue weighted by molar-refractivity contribution is 5.88. The summed E-state index contributed by atoms with van der Waals surface area (Å²) in [7, 11) is 0. The van der Waals surface area contributed by atoms with Crippen LogP contribution in [0.5, 0.6) is 0 Å². The Balaban J connectivity index is 0. The molecular weight excluding hydrogens is 176 g/mol. The van der Waals surface area contributed by atoms with Crippen molar-refractivity contribution in [3.05, 3.63) is 23.3 Å². The molecule has 0 amide bonds. The monoisotopic (exact) mass is 196 g/mol. The Kier molecular flexibility index (Phi) is 9.20. The molecule has 2 nitrogen and oxygen atoms in total. The molecule has 80 valence electrons. The summed E-state index contributed by atoms with van der Waals surface area (Å²) in [5, 5.41) is 0. The zero-order chi connectivity index (χ0) is 11.7. The number of carbonyl (C=O) groups is 2. The van der Waals surface area contributed by atoms with Gasteiger partial charge in [0.2, 0.25) is 0 Å². The highest BCUT2D eigenvalue weighted by Crippen LogP contribution is 1.87. The third-order valence-corrected chi connectivity index (χ3v) is 0.984.